The molecule has 0 rings (SSSR count). The van der Waals surface area contributed by atoms with Crippen molar-refractivity contribution in [3.8, 4) is 0 Å². The van der Waals surface area contributed by atoms with Crippen molar-refractivity contribution in [3.05, 3.63) is 0 Å². The van der Waals surface area contributed by atoms with Crippen LogP contribution < -0.4 is 0 Å². The van der Waals surface area contributed by atoms with Crippen molar-refractivity contribution in [2.24, 2.45) is 0 Å². The fourth-order valence-corrected chi connectivity index (χ4v) is 5.47. The lowest BCUT2D eigenvalue weighted by atomic mass is 10.5. The minimum absolute atomic E-state index is 0.430. The average molecular weight is 300 g/mol. The monoisotopic (exact) mass is 300 g/mol. The molecule has 16 heavy (non-hydrogen) atoms. The maximum Gasteiger partial charge on any atom is 0.370 e. The second kappa shape index (κ2) is 4.26. The van der Waals surface area contributed by atoms with E-state index >= 15 is 0 Å². The van der Waals surface area contributed by atoms with E-state index in [0.29, 0.717) is 6.92 Å². The summed E-state index contributed by atoms with van der Waals surface area (Å²) in [4.78, 5) is 51.8. The first-order valence-electron chi connectivity index (χ1n) is 3.54. The Morgan fingerprint density at radius 1 is 0.875 bits per heavy atom. The molecule has 0 aliphatic heterocycles. The van der Waals surface area contributed by atoms with Crippen molar-refractivity contribution in [3.63, 3.8) is 0 Å². The van der Waals surface area contributed by atoms with E-state index in [4.69, 9.17) is 29.4 Å². The van der Waals surface area contributed by atoms with E-state index in [0.717, 1.165) is 0 Å². The molecule has 1 unspecified atom stereocenters. The zero-order valence-electron chi connectivity index (χ0n) is 7.77. The van der Waals surface area contributed by atoms with Crippen molar-refractivity contribution in [1.82, 2.24) is 0 Å². The molecule has 0 radical (unpaired) electrons. The van der Waals surface area contributed by atoms with Crippen LogP contribution >= 0.6 is 22.8 Å². The van der Waals surface area contributed by atoms with E-state index in [9.17, 15) is 18.8 Å². The van der Waals surface area contributed by atoms with Gasteiger partial charge in [0.05, 0.1) is 0 Å². The highest BCUT2D eigenvalue weighted by atomic mass is 31.2. The Bertz CT molecular complexity index is 374. The lowest BCUT2D eigenvalue weighted by Gasteiger charge is -2.34. The summed E-state index contributed by atoms with van der Waals surface area (Å²) >= 11 is 0. The molecule has 0 aromatic rings. The Labute approximate surface area is 89.4 Å². The second-order valence-electron chi connectivity index (χ2n) is 3.04. The third-order valence-electron chi connectivity index (χ3n) is 1.92. The molecule has 13 heteroatoms. The van der Waals surface area contributed by atoms with Gasteiger partial charge in [0, 0.05) is 0 Å². The molecule has 1 atom stereocenters. The van der Waals surface area contributed by atoms with E-state index in [1.54, 1.807) is 0 Å². The normalized spacial score (nSPS) is 17.2. The van der Waals surface area contributed by atoms with Crippen LogP contribution in [0.4, 0.5) is 0 Å². The van der Waals surface area contributed by atoms with Crippen LogP contribution in [0.5, 0.6) is 0 Å². The Morgan fingerprint density at radius 2 is 1.12 bits per heavy atom. The quantitative estimate of drug-likeness (QED) is 0.302. The summed E-state index contributed by atoms with van der Waals surface area (Å²) in [6.45, 7) is 0.430. The minimum Gasteiger partial charge on any atom is -0.367 e. The molecule has 10 nitrogen and oxygen atoms in total. The summed E-state index contributed by atoms with van der Waals surface area (Å²) in [7, 11) is -17.0. The predicted octanol–water partition coefficient (Wildman–Crippen LogP) is -1.45. The third-order valence-corrected chi connectivity index (χ3v) is 7.77. The summed E-state index contributed by atoms with van der Waals surface area (Å²) in [5.41, 5.74) is -2.62. The van der Waals surface area contributed by atoms with Crippen LogP contribution in [0, 0.1) is 0 Å². The molecule has 0 amide bonds. The molecule has 98 valence electrons. The zero-order chi connectivity index (χ0) is 13.6. The molecule has 0 bridgehead atoms. The van der Waals surface area contributed by atoms with Crippen LogP contribution in [0.15, 0.2) is 0 Å². The van der Waals surface area contributed by atoms with Gasteiger partial charge >= 0.3 is 22.8 Å². The largest absolute Gasteiger partial charge is 0.370 e. The van der Waals surface area contributed by atoms with Gasteiger partial charge in [-0.25, -0.2) is 0 Å². The summed E-state index contributed by atoms with van der Waals surface area (Å²) in [5.74, 6) is 0. The Hall–Kier alpha value is 0.410. The Kier molecular flexibility index (Phi) is 4.37. The fraction of sp³-hybridized carbons (Fsp3) is 1.00. The van der Waals surface area contributed by atoms with Gasteiger partial charge in [-0.15, -0.1) is 0 Å². The fourth-order valence-electron chi connectivity index (χ4n) is 0.882. The van der Waals surface area contributed by atoms with Crippen molar-refractivity contribution < 1.29 is 48.2 Å². The number of hydrogen-bond donors (Lipinski definition) is 7. The van der Waals surface area contributed by atoms with Gasteiger partial charge < -0.3 is 34.5 Å². The standard InChI is InChI=1S/C3H11O10P3/c1-2(14(5,6)7)3(4,15(8,9)10)16(11,12)13/h2,4H,1H3,(H2,5,6,7)(H2,8,9,10)(H2,11,12,13). The highest BCUT2D eigenvalue weighted by Crippen LogP contribution is 2.73. The molecule has 0 saturated heterocycles. The third kappa shape index (κ3) is 2.80. The van der Waals surface area contributed by atoms with Gasteiger partial charge in [0.1, 0.15) is 5.66 Å². The van der Waals surface area contributed by atoms with Crippen molar-refractivity contribution >= 4 is 22.8 Å². The van der Waals surface area contributed by atoms with Gasteiger partial charge in [-0.2, -0.15) is 0 Å². The molecular weight excluding hydrogens is 289 g/mol. The molecule has 0 spiro atoms. The maximum atomic E-state index is 10.8. The van der Waals surface area contributed by atoms with Crippen LogP contribution in [-0.2, 0) is 13.7 Å². The van der Waals surface area contributed by atoms with Gasteiger partial charge in [-0.05, 0) is 6.92 Å². The van der Waals surface area contributed by atoms with Crippen LogP contribution in [0.2, 0.25) is 0 Å². The molecule has 0 aromatic heterocycles. The molecule has 0 saturated carbocycles. The van der Waals surface area contributed by atoms with Crippen LogP contribution in [0.25, 0.3) is 0 Å². The van der Waals surface area contributed by atoms with Gasteiger partial charge in [0.2, 0.25) is 0 Å². The summed E-state index contributed by atoms with van der Waals surface area (Å²) in [6.07, 6.45) is 0. The van der Waals surface area contributed by atoms with Gasteiger partial charge in [0.15, 0.2) is 0 Å². The first kappa shape index (κ1) is 16.4. The van der Waals surface area contributed by atoms with E-state index < -0.39 is 33.5 Å². The van der Waals surface area contributed by atoms with Gasteiger partial charge in [-0.1, -0.05) is 0 Å². The molecule has 0 heterocycles. The van der Waals surface area contributed by atoms with E-state index in [2.05, 4.69) is 0 Å². The number of aliphatic hydroxyl groups is 1. The lowest BCUT2D eigenvalue weighted by molar-refractivity contribution is 0.121. The molecule has 7 N–H and O–H groups in total. The number of rotatable bonds is 4. The Morgan fingerprint density at radius 3 is 1.19 bits per heavy atom. The molecule has 0 aliphatic rings. The van der Waals surface area contributed by atoms with Crippen molar-refractivity contribution in [2.75, 3.05) is 0 Å². The van der Waals surface area contributed by atoms with Gasteiger partial charge in [0.25, 0.3) is 5.08 Å². The van der Waals surface area contributed by atoms with Crippen molar-refractivity contribution in [2.45, 2.75) is 17.7 Å². The Balaban J connectivity index is 5.94. The van der Waals surface area contributed by atoms with Crippen LogP contribution in [0.1, 0.15) is 6.92 Å². The molecule has 0 fully saturated rings. The van der Waals surface area contributed by atoms with Crippen LogP contribution in [-0.4, -0.2) is 45.2 Å². The molecular formula is C3H11O10P3. The molecule has 0 aromatic carbocycles. The first-order valence-corrected chi connectivity index (χ1v) is 8.45. The maximum absolute atomic E-state index is 10.8. The number of hydrogen-bond acceptors (Lipinski definition) is 4. The summed E-state index contributed by atoms with van der Waals surface area (Å²) in [6, 6.07) is 0. The van der Waals surface area contributed by atoms with Crippen molar-refractivity contribution in [1.29, 1.82) is 0 Å². The van der Waals surface area contributed by atoms with Gasteiger partial charge in [-0.3, -0.25) is 13.7 Å². The highest BCUT2D eigenvalue weighted by molar-refractivity contribution is 7.73. The van der Waals surface area contributed by atoms with E-state index in [1.165, 1.54) is 0 Å². The zero-order valence-corrected chi connectivity index (χ0v) is 10.5. The van der Waals surface area contributed by atoms with Crippen LogP contribution in [0.3, 0.4) is 0 Å². The highest BCUT2D eigenvalue weighted by Gasteiger charge is 2.67. The van der Waals surface area contributed by atoms with E-state index in [1.807, 2.05) is 0 Å². The smallest absolute Gasteiger partial charge is 0.367 e. The average Bonchev–Trinajstić information content (AvgIpc) is 1.95. The lowest BCUT2D eigenvalue weighted by Crippen LogP contribution is -2.39. The minimum atomic E-state index is -5.86. The molecule has 0 aliphatic carbocycles. The topological polar surface area (TPSA) is 193 Å². The SMILES string of the molecule is CC(C(O)(P(=O)(O)O)P(=O)(O)O)P(=O)(O)O. The summed E-state index contributed by atoms with van der Waals surface area (Å²) < 4.78 is 32.3. The van der Waals surface area contributed by atoms with E-state index in [-0.39, 0.29) is 0 Å². The second-order valence-corrected chi connectivity index (χ2v) is 8.89. The first-order chi connectivity index (χ1) is 6.65. The summed E-state index contributed by atoms with van der Waals surface area (Å²) in [5, 5.41) is 5.16. The predicted molar refractivity (Wildman–Crippen MR) is 50.5 cm³/mol.